The molecule has 0 saturated heterocycles. The van der Waals surface area contributed by atoms with Crippen molar-refractivity contribution in [3.05, 3.63) is 107 Å². The lowest BCUT2D eigenvalue weighted by Crippen LogP contribution is -2.31. The summed E-state index contributed by atoms with van der Waals surface area (Å²) in [6, 6.07) is 23.0. The molecule has 6 rings (SSSR count). The van der Waals surface area contributed by atoms with E-state index in [2.05, 4.69) is 24.0 Å². The van der Waals surface area contributed by atoms with Crippen LogP contribution in [-0.2, 0) is 10.5 Å². The van der Waals surface area contributed by atoms with Crippen LogP contribution in [0, 0.1) is 5.92 Å². The molecule has 0 radical (unpaired) electrons. The van der Waals surface area contributed by atoms with Gasteiger partial charge in [-0.1, -0.05) is 91.5 Å². The van der Waals surface area contributed by atoms with Gasteiger partial charge in [-0.3, -0.25) is 14.5 Å². The van der Waals surface area contributed by atoms with E-state index in [1.54, 1.807) is 36.4 Å². The minimum atomic E-state index is -1.03. The molecule has 3 heterocycles. The Balaban J connectivity index is 1.38. The lowest BCUT2D eigenvalue weighted by atomic mass is 9.95. The molecule has 0 unspecified atom stereocenters. The first-order chi connectivity index (χ1) is 21.8. The lowest BCUT2D eigenvalue weighted by molar-refractivity contribution is -0.117. The van der Waals surface area contributed by atoms with Crippen LogP contribution in [-0.4, -0.2) is 40.7 Å². The number of rotatable bonds is 12. The number of aliphatic hydroxyl groups is 1. The van der Waals surface area contributed by atoms with E-state index in [9.17, 15) is 14.7 Å². The van der Waals surface area contributed by atoms with E-state index in [0.29, 0.717) is 45.3 Å². The molecule has 5 aromatic rings. The van der Waals surface area contributed by atoms with Crippen molar-refractivity contribution in [2.75, 3.05) is 18.6 Å². The Kier molecular flexibility index (Phi) is 8.90. The van der Waals surface area contributed by atoms with Gasteiger partial charge in [0.25, 0.3) is 5.91 Å². The Morgan fingerprint density at radius 3 is 2.58 bits per heavy atom. The van der Waals surface area contributed by atoms with Gasteiger partial charge in [-0.15, -0.1) is 10.2 Å². The van der Waals surface area contributed by atoms with Crippen molar-refractivity contribution >= 4 is 50.9 Å². The summed E-state index contributed by atoms with van der Waals surface area (Å²) in [5.41, 5.74) is 2.04. The fourth-order valence-corrected chi connectivity index (χ4v) is 6.86. The van der Waals surface area contributed by atoms with Gasteiger partial charge in [0, 0.05) is 11.1 Å². The highest BCUT2D eigenvalue weighted by atomic mass is 32.2. The fraction of sp³-hybridized carbons (Fsp3) is 0.235. The predicted molar refractivity (Wildman–Crippen MR) is 174 cm³/mol. The van der Waals surface area contributed by atoms with Crippen LogP contribution in [0.5, 0.6) is 11.5 Å². The van der Waals surface area contributed by atoms with Crippen LogP contribution in [0.15, 0.2) is 99.0 Å². The molecule has 2 aromatic heterocycles. The third-order valence-corrected chi connectivity index (χ3v) is 9.49. The Morgan fingerprint density at radius 2 is 1.82 bits per heavy atom. The van der Waals surface area contributed by atoms with Gasteiger partial charge in [0.2, 0.25) is 10.9 Å². The molecule has 0 aliphatic carbocycles. The third-order valence-electron chi connectivity index (χ3n) is 7.37. The second-order valence-electron chi connectivity index (χ2n) is 10.9. The quantitative estimate of drug-likeness (QED) is 0.0828. The van der Waals surface area contributed by atoms with E-state index < -0.39 is 23.5 Å². The number of thioether (sulfide) groups is 1. The van der Waals surface area contributed by atoms with Gasteiger partial charge < -0.3 is 19.0 Å². The van der Waals surface area contributed by atoms with E-state index >= 15 is 0 Å². The number of methoxy groups -OCH3 is 1. The number of hydrogen-bond acceptors (Lipinski definition) is 10. The van der Waals surface area contributed by atoms with Crippen LogP contribution < -0.4 is 14.4 Å². The number of Topliss-reactive ketones (excluding diaryl/α,β-unsaturated/α-hetero) is 1. The summed E-state index contributed by atoms with van der Waals surface area (Å²) < 4.78 is 18.1. The molecule has 45 heavy (non-hydrogen) atoms. The van der Waals surface area contributed by atoms with Crippen molar-refractivity contribution in [3.63, 3.8) is 0 Å². The number of carbonyl (C=O) groups excluding carboxylic acids is 2. The molecule has 3 aromatic carbocycles. The van der Waals surface area contributed by atoms with E-state index in [4.69, 9.17) is 13.9 Å². The molecule has 1 atom stereocenters. The number of amides is 1. The highest BCUT2D eigenvalue weighted by Gasteiger charge is 2.47. The Morgan fingerprint density at radius 1 is 1.04 bits per heavy atom. The molecule has 0 saturated carbocycles. The Hall–Kier alpha value is -4.61. The number of fused-ring (bicyclic) bond motifs is 1. The number of carbonyl (C=O) groups is 2. The van der Waals surface area contributed by atoms with Crippen molar-refractivity contribution in [1.29, 1.82) is 0 Å². The molecule has 1 aliphatic rings. The Labute approximate surface area is 268 Å². The van der Waals surface area contributed by atoms with Crippen molar-refractivity contribution in [2.24, 2.45) is 5.92 Å². The smallest absolute Gasteiger partial charge is 0.296 e. The predicted octanol–water partition coefficient (Wildman–Crippen LogP) is 7.79. The molecule has 0 spiro atoms. The van der Waals surface area contributed by atoms with E-state index in [0.717, 1.165) is 17.4 Å². The maximum atomic E-state index is 14.0. The summed E-state index contributed by atoms with van der Waals surface area (Å²) in [5, 5.41) is 20.9. The first kappa shape index (κ1) is 30.4. The van der Waals surface area contributed by atoms with Gasteiger partial charge in [0.1, 0.15) is 5.58 Å². The summed E-state index contributed by atoms with van der Waals surface area (Å²) in [6.07, 6.45) is 0.865. The van der Waals surface area contributed by atoms with Crippen LogP contribution in [0.1, 0.15) is 48.0 Å². The molecule has 1 aliphatic heterocycles. The molecule has 0 fully saturated rings. The number of furan rings is 1. The number of hydrogen-bond donors (Lipinski definition) is 1. The van der Waals surface area contributed by atoms with Gasteiger partial charge in [-0.05, 0) is 47.7 Å². The number of para-hydroxylation sites is 1. The highest BCUT2D eigenvalue weighted by molar-refractivity contribution is 8.00. The first-order valence-corrected chi connectivity index (χ1v) is 16.2. The molecule has 230 valence electrons. The standard InChI is InChI=1S/C34H31N3O6S2/c1-20(2)15-16-42-25-14-13-23(18-26(25)41-3)29-28(30(38)27-17-22-11-7-8-12-24(22)43-27)31(39)32(40)37(29)33-35-36-34(45-33)44-19-21-9-5-4-6-10-21/h4-14,17-18,20,29,39H,15-16,19H2,1-3H3/t29-/m0/s1. The topological polar surface area (TPSA) is 115 Å². The minimum Gasteiger partial charge on any atom is -0.503 e. The molecule has 11 heteroatoms. The van der Waals surface area contributed by atoms with Crippen molar-refractivity contribution in [2.45, 2.75) is 36.4 Å². The number of nitrogens with zero attached hydrogens (tertiary/aromatic N) is 3. The minimum absolute atomic E-state index is 0.00868. The summed E-state index contributed by atoms with van der Waals surface area (Å²) in [7, 11) is 1.53. The van der Waals surface area contributed by atoms with Gasteiger partial charge in [-0.2, -0.15) is 0 Å². The molecular weight excluding hydrogens is 611 g/mol. The van der Waals surface area contributed by atoms with Crippen molar-refractivity contribution in [3.8, 4) is 11.5 Å². The number of aromatic nitrogens is 2. The van der Waals surface area contributed by atoms with Gasteiger partial charge in [-0.25, -0.2) is 0 Å². The van der Waals surface area contributed by atoms with Crippen molar-refractivity contribution < 1.29 is 28.6 Å². The van der Waals surface area contributed by atoms with Crippen LogP contribution in [0.3, 0.4) is 0 Å². The van der Waals surface area contributed by atoms with Crippen LogP contribution in [0.25, 0.3) is 11.0 Å². The van der Waals surface area contributed by atoms with Crippen molar-refractivity contribution in [1.82, 2.24) is 10.2 Å². The molecule has 9 nitrogen and oxygen atoms in total. The Bertz CT molecular complexity index is 1850. The lowest BCUT2D eigenvalue weighted by Gasteiger charge is -2.24. The SMILES string of the molecule is COc1cc([C@H]2C(C(=O)c3cc4ccccc4o3)=C(O)C(=O)N2c2nnc(SCc3ccccc3)s2)ccc1OCCC(C)C. The van der Waals surface area contributed by atoms with Crippen LogP contribution >= 0.6 is 23.1 Å². The molecule has 1 amide bonds. The summed E-state index contributed by atoms with van der Waals surface area (Å²) in [5.74, 6) is 0.0754. The average molecular weight is 642 g/mol. The second-order valence-corrected chi connectivity index (χ2v) is 13.1. The summed E-state index contributed by atoms with van der Waals surface area (Å²) >= 11 is 2.70. The van der Waals surface area contributed by atoms with Gasteiger partial charge in [0.05, 0.1) is 25.3 Å². The monoisotopic (exact) mass is 641 g/mol. The largest absolute Gasteiger partial charge is 0.503 e. The number of aliphatic hydroxyl groups excluding tert-OH is 1. The maximum Gasteiger partial charge on any atom is 0.296 e. The fourth-order valence-electron chi connectivity index (χ4n) is 5.03. The van der Waals surface area contributed by atoms with Crippen LogP contribution in [0.2, 0.25) is 0 Å². The first-order valence-electron chi connectivity index (χ1n) is 14.4. The molecular formula is C34H31N3O6S2. The third kappa shape index (κ3) is 6.31. The molecule has 0 bridgehead atoms. The normalized spacial score (nSPS) is 15.0. The number of ketones is 1. The zero-order valence-corrected chi connectivity index (χ0v) is 26.6. The van der Waals surface area contributed by atoms with Gasteiger partial charge in [0.15, 0.2) is 27.4 Å². The zero-order valence-electron chi connectivity index (χ0n) is 24.9. The molecule has 1 N–H and O–H groups in total. The highest BCUT2D eigenvalue weighted by Crippen LogP contribution is 2.46. The number of ether oxygens (including phenoxy) is 2. The zero-order chi connectivity index (χ0) is 31.5. The number of anilines is 1. The van der Waals surface area contributed by atoms with E-state index in [1.807, 2.05) is 42.5 Å². The maximum absolute atomic E-state index is 14.0. The summed E-state index contributed by atoms with van der Waals surface area (Å²) in [6.45, 7) is 4.74. The number of benzene rings is 3. The van der Waals surface area contributed by atoms with E-state index in [1.165, 1.54) is 35.1 Å². The van der Waals surface area contributed by atoms with Gasteiger partial charge >= 0.3 is 0 Å². The van der Waals surface area contributed by atoms with Crippen LogP contribution in [0.4, 0.5) is 5.13 Å². The average Bonchev–Trinajstić information content (AvgIpc) is 3.76. The second kappa shape index (κ2) is 13.2. The summed E-state index contributed by atoms with van der Waals surface area (Å²) in [4.78, 5) is 29.1. The van der Waals surface area contributed by atoms with E-state index in [-0.39, 0.29) is 16.5 Å².